The van der Waals surface area contributed by atoms with E-state index in [2.05, 4.69) is 4.98 Å². The third kappa shape index (κ3) is 3.43. The Morgan fingerprint density at radius 2 is 1.89 bits per heavy atom. The van der Waals surface area contributed by atoms with Crippen LogP contribution in [0, 0.1) is 13.8 Å². The molecule has 0 saturated carbocycles. The molecule has 6 heteroatoms. The van der Waals surface area contributed by atoms with E-state index in [1.807, 2.05) is 56.3 Å². The molecule has 1 N–H and O–H groups in total. The van der Waals surface area contributed by atoms with Crippen molar-refractivity contribution in [2.45, 2.75) is 20.3 Å². The SMILES string of the molecule is COc1ccc(C)cc1-c1c(C)sc2nc(Cc3ccc(Cl)cc3)[nH]c(=O)c12. The van der Waals surface area contributed by atoms with Gasteiger partial charge in [0.2, 0.25) is 0 Å². The number of aromatic amines is 1. The van der Waals surface area contributed by atoms with E-state index in [9.17, 15) is 4.79 Å². The Kier molecular flexibility index (Phi) is 4.96. The Balaban J connectivity index is 1.85. The summed E-state index contributed by atoms with van der Waals surface area (Å²) in [5.41, 5.74) is 3.84. The number of benzene rings is 2. The van der Waals surface area contributed by atoms with Crippen LogP contribution in [0.4, 0.5) is 0 Å². The highest BCUT2D eigenvalue weighted by atomic mass is 35.5. The molecule has 0 atom stereocenters. The van der Waals surface area contributed by atoms with Crippen LogP contribution in [0.1, 0.15) is 21.8 Å². The Bertz CT molecular complexity index is 1230. The molecule has 0 radical (unpaired) electrons. The summed E-state index contributed by atoms with van der Waals surface area (Å²) in [5.74, 6) is 1.39. The third-order valence-corrected chi connectivity index (χ3v) is 5.95. The second kappa shape index (κ2) is 7.41. The highest BCUT2D eigenvalue weighted by molar-refractivity contribution is 7.19. The second-order valence-corrected chi connectivity index (χ2v) is 8.37. The van der Waals surface area contributed by atoms with Gasteiger partial charge < -0.3 is 9.72 Å². The average molecular weight is 411 g/mol. The number of aryl methyl sites for hydroxylation is 2. The van der Waals surface area contributed by atoms with E-state index in [1.165, 1.54) is 11.3 Å². The van der Waals surface area contributed by atoms with Gasteiger partial charge in [0.15, 0.2) is 0 Å². The van der Waals surface area contributed by atoms with Crippen LogP contribution >= 0.6 is 22.9 Å². The Morgan fingerprint density at radius 3 is 2.61 bits per heavy atom. The van der Waals surface area contributed by atoms with E-state index in [4.69, 9.17) is 21.3 Å². The Labute approximate surface area is 171 Å². The van der Waals surface area contributed by atoms with E-state index >= 15 is 0 Å². The van der Waals surface area contributed by atoms with Gasteiger partial charge in [-0.25, -0.2) is 4.98 Å². The van der Waals surface area contributed by atoms with Gasteiger partial charge in [0, 0.05) is 27.4 Å². The third-order valence-electron chi connectivity index (χ3n) is 4.70. The van der Waals surface area contributed by atoms with Crippen LogP contribution in [-0.4, -0.2) is 17.1 Å². The summed E-state index contributed by atoms with van der Waals surface area (Å²) in [7, 11) is 1.64. The number of rotatable bonds is 4. The summed E-state index contributed by atoms with van der Waals surface area (Å²) in [6.45, 7) is 4.04. The fraction of sp³-hybridized carbons (Fsp3) is 0.182. The number of ether oxygens (including phenoxy) is 1. The van der Waals surface area contributed by atoms with Gasteiger partial charge in [-0.15, -0.1) is 11.3 Å². The van der Waals surface area contributed by atoms with E-state index < -0.39 is 0 Å². The zero-order valence-corrected chi connectivity index (χ0v) is 17.4. The number of aromatic nitrogens is 2. The molecule has 142 valence electrons. The van der Waals surface area contributed by atoms with E-state index in [0.29, 0.717) is 22.7 Å². The first-order valence-electron chi connectivity index (χ1n) is 8.88. The maximum Gasteiger partial charge on any atom is 0.260 e. The number of hydrogen-bond acceptors (Lipinski definition) is 4. The van der Waals surface area contributed by atoms with E-state index in [1.54, 1.807) is 7.11 Å². The van der Waals surface area contributed by atoms with Crippen molar-refractivity contribution >= 4 is 33.2 Å². The largest absolute Gasteiger partial charge is 0.496 e. The number of hydrogen-bond donors (Lipinski definition) is 1. The molecule has 0 unspecified atom stereocenters. The molecule has 0 fully saturated rings. The predicted octanol–water partition coefficient (Wildman–Crippen LogP) is 5.52. The van der Waals surface area contributed by atoms with E-state index in [0.717, 1.165) is 37.7 Å². The number of thiophene rings is 1. The molecule has 0 aliphatic carbocycles. The van der Waals surface area contributed by atoms with Gasteiger partial charge >= 0.3 is 0 Å². The van der Waals surface area contributed by atoms with Crippen LogP contribution in [0.25, 0.3) is 21.3 Å². The first-order chi connectivity index (χ1) is 13.5. The molecule has 0 bridgehead atoms. The standard InChI is InChI=1S/C22H19ClN2O2S/c1-12-4-9-17(27-3)16(10-12)19-13(2)28-22-20(19)21(26)24-18(25-22)11-14-5-7-15(23)8-6-14/h4-10H,11H2,1-3H3,(H,24,25,26). The van der Waals surface area contributed by atoms with Gasteiger partial charge in [0.25, 0.3) is 5.56 Å². The molecule has 0 amide bonds. The zero-order valence-electron chi connectivity index (χ0n) is 15.8. The minimum Gasteiger partial charge on any atom is -0.496 e. The number of methoxy groups -OCH3 is 1. The molecule has 4 aromatic rings. The number of nitrogens with zero attached hydrogens (tertiary/aromatic N) is 1. The van der Waals surface area contributed by atoms with Gasteiger partial charge in [-0.2, -0.15) is 0 Å². The molecule has 0 spiro atoms. The van der Waals surface area contributed by atoms with Gasteiger partial charge in [-0.05, 0) is 43.7 Å². The first-order valence-corrected chi connectivity index (χ1v) is 10.1. The molecule has 0 aliphatic rings. The van der Waals surface area contributed by atoms with Crippen LogP contribution in [0.2, 0.25) is 5.02 Å². The van der Waals surface area contributed by atoms with Crippen molar-refractivity contribution in [3.05, 3.63) is 79.7 Å². The number of fused-ring (bicyclic) bond motifs is 1. The molecular formula is C22H19ClN2O2S. The fourth-order valence-electron chi connectivity index (χ4n) is 3.38. The van der Waals surface area contributed by atoms with Crippen LogP contribution < -0.4 is 10.3 Å². The molecule has 2 aromatic heterocycles. The van der Waals surface area contributed by atoms with Gasteiger partial charge in [0.05, 0.1) is 12.5 Å². The monoisotopic (exact) mass is 410 g/mol. The lowest BCUT2D eigenvalue weighted by molar-refractivity contribution is 0.416. The van der Waals surface area contributed by atoms with Crippen molar-refractivity contribution in [3.8, 4) is 16.9 Å². The fourth-order valence-corrected chi connectivity index (χ4v) is 4.57. The van der Waals surface area contributed by atoms with Gasteiger partial charge in [0.1, 0.15) is 16.4 Å². The molecule has 4 rings (SSSR count). The van der Waals surface area contributed by atoms with Crippen LogP contribution in [0.5, 0.6) is 5.75 Å². The quantitative estimate of drug-likeness (QED) is 0.481. The maximum absolute atomic E-state index is 13.0. The minimum atomic E-state index is -0.128. The molecule has 4 nitrogen and oxygen atoms in total. The lowest BCUT2D eigenvalue weighted by Gasteiger charge is -2.10. The Hall–Kier alpha value is -2.63. The van der Waals surface area contributed by atoms with Crippen molar-refractivity contribution in [2.75, 3.05) is 7.11 Å². The first kappa shape index (κ1) is 18.7. The summed E-state index contributed by atoms with van der Waals surface area (Å²) in [6.07, 6.45) is 0.544. The average Bonchev–Trinajstić information content (AvgIpc) is 3.00. The lowest BCUT2D eigenvalue weighted by atomic mass is 10.0. The summed E-state index contributed by atoms with van der Waals surface area (Å²) >= 11 is 7.48. The van der Waals surface area contributed by atoms with Crippen molar-refractivity contribution < 1.29 is 4.74 Å². The highest BCUT2D eigenvalue weighted by Crippen LogP contribution is 2.40. The van der Waals surface area contributed by atoms with Crippen LogP contribution in [0.15, 0.2) is 47.3 Å². The number of halogens is 1. The van der Waals surface area contributed by atoms with Crippen molar-refractivity contribution in [1.82, 2.24) is 9.97 Å². The molecule has 0 aliphatic heterocycles. The molecule has 28 heavy (non-hydrogen) atoms. The summed E-state index contributed by atoms with van der Waals surface area (Å²) < 4.78 is 5.54. The number of H-pyrrole nitrogens is 1. The topological polar surface area (TPSA) is 55.0 Å². The van der Waals surface area contributed by atoms with Crippen LogP contribution in [0.3, 0.4) is 0 Å². The van der Waals surface area contributed by atoms with Gasteiger partial charge in [-0.3, -0.25) is 4.79 Å². The normalized spacial score (nSPS) is 11.1. The smallest absolute Gasteiger partial charge is 0.260 e. The lowest BCUT2D eigenvalue weighted by Crippen LogP contribution is -2.12. The summed E-state index contributed by atoms with van der Waals surface area (Å²) in [6, 6.07) is 13.5. The summed E-state index contributed by atoms with van der Waals surface area (Å²) in [4.78, 5) is 22.4. The molecular weight excluding hydrogens is 392 g/mol. The minimum absolute atomic E-state index is 0.128. The highest BCUT2D eigenvalue weighted by Gasteiger charge is 2.19. The van der Waals surface area contributed by atoms with E-state index in [-0.39, 0.29) is 5.56 Å². The maximum atomic E-state index is 13.0. The predicted molar refractivity (Wildman–Crippen MR) is 116 cm³/mol. The molecule has 0 saturated heterocycles. The second-order valence-electron chi connectivity index (χ2n) is 6.73. The van der Waals surface area contributed by atoms with Crippen molar-refractivity contribution in [3.63, 3.8) is 0 Å². The van der Waals surface area contributed by atoms with Crippen molar-refractivity contribution in [2.24, 2.45) is 0 Å². The Morgan fingerprint density at radius 1 is 1.14 bits per heavy atom. The molecule has 2 aromatic carbocycles. The van der Waals surface area contributed by atoms with Gasteiger partial charge in [-0.1, -0.05) is 35.4 Å². The number of nitrogens with one attached hydrogen (secondary N) is 1. The molecule has 2 heterocycles. The van der Waals surface area contributed by atoms with Crippen molar-refractivity contribution in [1.29, 1.82) is 0 Å². The summed E-state index contributed by atoms with van der Waals surface area (Å²) in [5, 5.41) is 1.30. The van der Waals surface area contributed by atoms with Crippen LogP contribution in [-0.2, 0) is 6.42 Å². The zero-order chi connectivity index (χ0) is 19.8.